The molecule has 9 aliphatic rings. The van der Waals surface area contributed by atoms with Gasteiger partial charge >= 0.3 is 0 Å². The van der Waals surface area contributed by atoms with Crippen molar-refractivity contribution in [2.24, 2.45) is 122 Å². The number of nitrogens with zero attached hydrogens (tertiary/aromatic N) is 2. The topological polar surface area (TPSA) is 104 Å². The first-order valence-corrected chi connectivity index (χ1v) is 39.4. The van der Waals surface area contributed by atoms with Crippen molar-refractivity contribution in [3.05, 3.63) is 90.0 Å². The maximum absolute atomic E-state index is 13.8. The van der Waals surface area contributed by atoms with Crippen LogP contribution in [-0.4, -0.2) is 64.8 Å². The molecule has 1 amide bonds. The molecule has 9 aliphatic carbocycles. The zero-order chi connectivity index (χ0) is 67.6. The molecule has 0 bridgehead atoms. The molecule has 2 unspecified atom stereocenters. The number of fused-ring (bicyclic) bond motifs is 10. The maximum Gasteiger partial charge on any atom is 0.230 e. The Morgan fingerprint density at radius 3 is 1.62 bits per heavy atom. The molecule has 94 heavy (non-hydrogen) atoms. The van der Waals surface area contributed by atoms with Crippen molar-refractivity contribution in [3.63, 3.8) is 0 Å². The van der Waals surface area contributed by atoms with Crippen LogP contribution in [-0.2, 0) is 11.3 Å². The van der Waals surface area contributed by atoms with E-state index >= 15 is 0 Å². The van der Waals surface area contributed by atoms with Crippen LogP contribution >= 0.6 is 0 Å². The SMILES string of the molecule is CC(C)/C=C/c1cccc(N(Cc2ccc(-c3ccc(N(C)C)cc3)cc2)C(=O)C2CCCCC2)c1.CC(C)CC[C@@H](C)C1CC[C@H]2[C@@H]3[C@H](O)C[C@@H]4C[C@H](O)CC[C@]4(C)[C@H]3CC[C@]12C.CC[C@H]1[C@@H](O)[C@@H]2[C@H](CC[C@]3(C)C([C@H](C)CCC(C)C)CC[C@@H]23)[C@@]2(C)CC[C@@H](O)C[C@@H]12. The van der Waals surface area contributed by atoms with E-state index in [1.807, 2.05) is 4.90 Å². The highest BCUT2D eigenvalue weighted by atomic mass is 16.3. The minimum absolute atomic E-state index is 0.128. The van der Waals surface area contributed by atoms with Gasteiger partial charge in [0.25, 0.3) is 0 Å². The van der Waals surface area contributed by atoms with Crippen molar-refractivity contribution in [3.8, 4) is 11.1 Å². The fourth-order valence-corrected chi connectivity index (χ4v) is 23.6. The van der Waals surface area contributed by atoms with Crippen LogP contribution in [0.2, 0.25) is 0 Å². The first-order chi connectivity index (χ1) is 44.7. The lowest BCUT2D eigenvalue weighted by Gasteiger charge is -2.64. The van der Waals surface area contributed by atoms with Gasteiger partial charge in [0.1, 0.15) is 0 Å². The molecule has 3 aromatic rings. The van der Waals surface area contributed by atoms with Crippen molar-refractivity contribution in [2.75, 3.05) is 23.9 Å². The molecule has 0 spiro atoms. The normalized spacial score (nSPS) is 37.6. The Morgan fingerprint density at radius 2 is 1.06 bits per heavy atom. The second-order valence-corrected chi connectivity index (χ2v) is 36.1. The lowest BCUT2D eigenvalue weighted by Crippen LogP contribution is -2.62. The minimum Gasteiger partial charge on any atom is -0.393 e. The third-order valence-corrected chi connectivity index (χ3v) is 29.1. The van der Waals surface area contributed by atoms with Crippen LogP contribution in [0.25, 0.3) is 17.2 Å². The number of aliphatic hydroxyl groups is 4. The lowest BCUT2D eigenvalue weighted by atomic mass is 9.41. The van der Waals surface area contributed by atoms with E-state index in [9.17, 15) is 25.2 Å². The number of hydrogen-bond acceptors (Lipinski definition) is 6. The number of carbonyl (C=O) groups excluding carboxylic acids is 1. The van der Waals surface area contributed by atoms with Gasteiger partial charge in [-0.25, -0.2) is 0 Å². The van der Waals surface area contributed by atoms with Crippen LogP contribution in [0.3, 0.4) is 0 Å². The summed E-state index contributed by atoms with van der Waals surface area (Å²) >= 11 is 0. The summed E-state index contributed by atoms with van der Waals surface area (Å²) in [5.74, 6) is 11.0. The Labute approximate surface area is 574 Å². The van der Waals surface area contributed by atoms with Crippen molar-refractivity contribution < 1.29 is 25.2 Å². The second-order valence-electron chi connectivity index (χ2n) is 36.1. The van der Waals surface area contributed by atoms with Crippen molar-refractivity contribution in [2.45, 2.75) is 281 Å². The van der Waals surface area contributed by atoms with Crippen LogP contribution in [0.1, 0.15) is 262 Å². The monoisotopic (exact) mass is 1290 g/mol. The molecule has 0 heterocycles. The summed E-state index contributed by atoms with van der Waals surface area (Å²) < 4.78 is 0. The molecule has 9 saturated carbocycles. The third kappa shape index (κ3) is 15.4. The molecular formula is C87H136N2O5. The van der Waals surface area contributed by atoms with Gasteiger partial charge in [0.2, 0.25) is 5.91 Å². The Balaban J connectivity index is 0.000000155. The molecule has 0 aromatic heterocycles. The molecule has 21 atom stereocenters. The average molecular weight is 1290 g/mol. The molecule has 4 N–H and O–H groups in total. The first kappa shape index (κ1) is 73.2. The van der Waals surface area contributed by atoms with Crippen LogP contribution in [0.4, 0.5) is 11.4 Å². The predicted molar refractivity (Wildman–Crippen MR) is 395 cm³/mol. The van der Waals surface area contributed by atoms with Crippen LogP contribution in [0.5, 0.6) is 0 Å². The highest BCUT2D eigenvalue weighted by molar-refractivity contribution is 5.95. The number of hydrogen-bond donors (Lipinski definition) is 4. The molecular weight excluding hydrogens is 1150 g/mol. The Morgan fingerprint density at radius 1 is 0.543 bits per heavy atom. The molecule has 7 heteroatoms. The molecule has 524 valence electrons. The summed E-state index contributed by atoms with van der Waals surface area (Å²) in [6.07, 6.45) is 33.8. The number of aliphatic hydroxyl groups excluding tert-OH is 4. The van der Waals surface area contributed by atoms with Crippen molar-refractivity contribution in [1.29, 1.82) is 0 Å². The smallest absolute Gasteiger partial charge is 0.230 e. The molecule has 7 nitrogen and oxygen atoms in total. The number of allylic oxidation sites excluding steroid dienone is 1. The van der Waals surface area contributed by atoms with Gasteiger partial charge in [-0.3, -0.25) is 4.79 Å². The van der Waals surface area contributed by atoms with Crippen molar-refractivity contribution >= 4 is 23.4 Å². The van der Waals surface area contributed by atoms with E-state index in [0.717, 1.165) is 122 Å². The zero-order valence-corrected chi connectivity index (χ0v) is 62.2. The number of carbonyl (C=O) groups is 1. The first-order valence-electron chi connectivity index (χ1n) is 39.4. The quantitative estimate of drug-likeness (QED) is 0.107. The van der Waals surface area contributed by atoms with Crippen LogP contribution in [0.15, 0.2) is 78.9 Å². The van der Waals surface area contributed by atoms with Gasteiger partial charge in [-0.2, -0.15) is 0 Å². The summed E-state index contributed by atoms with van der Waals surface area (Å²) in [7, 11) is 4.11. The summed E-state index contributed by atoms with van der Waals surface area (Å²) in [5, 5.41) is 43.8. The van der Waals surface area contributed by atoms with E-state index in [4.69, 9.17) is 0 Å². The number of amides is 1. The molecule has 9 fully saturated rings. The van der Waals surface area contributed by atoms with Crippen LogP contribution in [0, 0.1) is 122 Å². The highest BCUT2D eigenvalue weighted by Gasteiger charge is 2.66. The largest absolute Gasteiger partial charge is 0.393 e. The summed E-state index contributed by atoms with van der Waals surface area (Å²) in [5.41, 5.74) is 8.40. The van der Waals surface area contributed by atoms with E-state index in [1.165, 1.54) is 113 Å². The zero-order valence-electron chi connectivity index (χ0n) is 62.2. The third-order valence-electron chi connectivity index (χ3n) is 29.1. The molecule has 0 aliphatic heterocycles. The van der Waals surface area contributed by atoms with E-state index in [-0.39, 0.29) is 36.2 Å². The molecule has 0 radical (unpaired) electrons. The van der Waals surface area contributed by atoms with E-state index in [2.05, 4.69) is 194 Å². The fraction of sp³-hybridized carbons (Fsp3) is 0.759. The lowest BCUT2D eigenvalue weighted by molar-refractivity contribution is -0.203. The Hall–Kier alpha value is -3.49. The minimum atomic E-state index is -0.155. The van der Waals surface area contributed by atoms with Gasteiger partial charge in [-0.05, 0) is 272 Å². The summed E-state index contributed by atoms with van der Waals surface area (Å²) in [4.78, 5) is 17.9. The van der Waals surface area contributed by atoms with Crippen LogP contribution < -0.4 is 9.80 Å². The van der Waals surface area contributed by atoms with Gasteiger partial charge in [-0.1, -0.05) is 202 Å². The maximum atomic E-state index is 13.8. The molecule has 3 aromatic carbocycles. The van der Waals surface area contributed by atoms with Gasteiger partial charge in [-0.15, -0.1) is 0 Å². The standard InChI is InChI=1S/C33H40N2O.C28H50O2.C26H46O2/c1-25(2)13-14-26-9-8-12-32(23-26)35(33(36)30-10-6-5-7-11-30)24-27-15-17-28(18-16-27)29-19-21-31(22-20-29)34(3)4;1-7-20-24-16-19(29)12-14-28(24,6)23-13-15-27(5)21(18(4)9-8-17(2)3)10-11-22(27)25(23)26(20)30;1-16(2)6-7-17(3)20-8-9-21-24-22(11-13-26(20,21)5)25(4)12-10-19(27)14-18(25)15-23(24)28/h8-9,12-23,25,30H,5-7,10-11,24H2,1-4H3;17-26,29-30H,7-16H2,1-6H3;16-24,27-28H,6-15H2,1-5H3/b14-13+;;/t;18-,19-,20-,21?,22+,23+,24+,25+,26-,27-,28-;17-,18+,19-,20?,21+,22+,23-,24+,25+,26-/m.11/s1. The number of rotatable bonds is 17. The van der Waals surface area contributed by atoms with E-state index < -0.39 is 0 Å². The summed E-state index contributed by atoms with van der Waals surface area (Å²) in [6.45, 7) is 32.0. The average Bonchev–Trinajstić information content (AvgIpc) is 1.30. The van der Waals surface area contributed by atoms with Gasteiger partial charge in [0, 0.05) is 31.4 Å². The Kier molecular flexibility index (Phi) is 24.1. The van der Waals surface area contributed by atoms with E-state index in [1.54, 1.807) is 0 Å². The predicted octanol–water partition coefficient (Wildman–Crippen LogP) is 20.9. The second kappa shape index (κ2) is 31.0. The number of anilines is 2. The number of benzene rings is 3. The fourth-order valence-electron chi connectivity index (χ4n) is 23.6. The molecule has 0 saturated heterocycles. The van der Waals surface area contributed by atoms with E-state index in [0.29, 0.717) is 81.5 Å². The highest BCUT2D eigenvalue weighted by Crippen LogP contribution is 2.71. The van der Waals surface area contributed by atoms with Gasteiger partial charge in [0.05, 0.1) is 31.0 Å². The molecule has 12 rings (SSSR count). The van der Waals surface area contributed by atoms with Gasteiger partial charge in [0.15, 0.2) is 0 Å². The Bertz CT molecular complexity index is 2910. The van der Waals surface area contributed by atoms with Crippen molar-refractivity contribution in [1.82, 2.24) is 0 Å². The summed E-state index contributed by atoms with van der Waals surface area (Å²) in [6, 6.07) is 25.7. The van der Waals surface area contributed by atoms with Gasteiger partial charge < -0.3 is 30.2 Å².